The number of rotatable bonds is 6. The zero-order chi connectivity index (χ0) is 20.7. The number of H-pyrrole nitrogens is 1. The molecular weight excluding hydrogens is 391 g/mol. The molecule has 2 aliphatic rings. The Balaban J connectivity index is 1.32. The van der Waals surface area contributed by atoms with E-state index in [-0.39, 0.29) is 18.8 Å². The van der Waals surface area contributed by atoms with Gasteiger partial charge in [0.2, 0.25) is 11.9 Å². The molecule has 5 rings (SSSR count). The molecule has 2 fully saturated rings. The van der Waals surface area contributed by atoms with Crippen LogP contribution in [0.3, 0.4) is 0 Å². The Morgan fingerprint density at radius 2 is 1.87 bits per heavy atom. The molecular formula is C22H24F3N5. The highest BCUT2D eigenvalue weighted by Gasteiger charge is 2.35. The van der Waals surface area contributed by atoms with Gasteiger partial charge in [0.05, 0.1) is 5.39 Å². The van der Waals surface area contributed by atoms with Crippen molar-refractivity contribution in [2.75, 3.05) is 5.32 Å². The van der Waals surface area contributed by atoms with E-state index in [0.717, 1.165) is 35.3 Å². The van der Waals surface area contributed by atoms with Gasteiger partial charge >= 0.3 is 0 Å². The molecule has 30 heavy (non-hydrogen) atoms. The summed E-state index contributed by atoms with van der Waals surface area (Å²) in [5.74, 6) is -2.13. The van der Waals surface area contributed by atoms with E-state index in [9.17, 15) is 13.2 Å². The number of halogens is 3. The molecule has 2 aliphatic carbocycles. The summed E-state index contributed by atoms with van der Waals surface area (Å²) < 4.78 is 41.4. The van der Waals surface area contributed by atoms with Crippen LogP contribution in [-0.2, 0) is 12.8 Å². The maximum atomic E-state index is 14.8. The van der Waals surface area contributed by atoms with E-state index < -0.39 is 11.9 Å². The highest BCUT2D eigenvalue weighted by atomic mass is 19.3. The molecule has 0 aliphatic heterocycles. The zero-order valence-corrected chi connectivity index (χ0v) is 16.6. The van der Waals surface area contributed by atoms with Crippen LogP contribution in [-0.4, -0.2) is 31.9 Å². The van der Waals surface area contributed by atoms with Crippen molar-refractivity contribution in [2.24, 2.45) is 5.92 Å². The monoisotopic (exact) mass is 415 g/mol. The average molecular weight is 415 g/mol. The lowest BCUT2D eigenvalue weighted by atomic mass is 9.84. The molecule has 2 N–H and O–H groups in total. The Hall–Kier alpha value is -2.64. The summed E-state index contributed by atoms with van der Waals surface area (Å²) in [5.41, 5.74) is 2.76. The van der Waals surface area contributed by atoms with Crippen LogP contribution in [0.4, 0.5) is 19.0 Å². The van der Waals surface area contributed by atoms with Crippen LogP contribution in [0.25, 0.3) is 11.0 Å². The van der Waals surface area contributed by atoms with E-state index in [1.54, 1.807) is 6.07 Å². The largest absolute Gasteiger partial charge is 0.367 e. The van der Waals surface area contributed by atoms with Crippen molar-refractivity contribution in [3.63, 3.8) is 0 Å². The lowest BCUT2D eigenvalue weighted by Crippen LogP contribution is -2.25. The second-order valence-corrected chi connectivity index (χ2v) is 8.61. The van der Waals surface area contributed by atoms with Crippen molar-refractivity contribution < 1.29 is 13.2 Å². The number of anilines is 1. The molecule has 0 spiro atoms. The van der Waals surface area contributed by atoms with E-state index in [2.05, 4.69) is 25.3 Å². The molecule has 3 aromatic rings. The molecule has 0 atom stereocenters. The average Bonchev–Trinajstić information content (AvgIpc) is 3.44. The van der Waals surface area contributed by atoms with Gasteiger partial charge in [-0.2, -0.15) is 4.39 Å². The van der Waals surface area contributed by atoms with E-state index in [4.69, 9.17) is 0 Å². The van der Waals surface area contributed by atoms with E-state index >= 15 is 0 Å². The molecule has 0 bridgehead atoms. The standard InChI is InChI=1S/C22H24F3N5/c23-19-14(1-2-17(29-19)9-13-5-7-22(24,25)8-6-13)10-15-11-26-20-18(15)21(28-12-27-20)30-16-3-4-16/h1-2,11-13,16H,3-10H2,(H2,26,27,28,30). The topological polar surface area (TPSA) is 66.5 Å². The van der Waals surface area contributed by atoms with Crippen LogP contribution < -0.4 is 5.32 Å². The predicted octanol–water partition coefficient (Wildman–Crippen LogP) is 5.03. The summed E-state index contributed by atoms with van der Waals surface area (Å²) in [6.07, 6.45) is 7.29. The van der Waals surface area contributed by atoms with E-state index in [0.29, 0.717) is 43.0 Å². The van der Waals surface area contributed by atoms with Crippen molar-refractivity contribution in [3.05, 3.63) is 47.4 Å². The van der Waals surface area contributed by atoms with Gasteiger partial charge in [-0.15, -0.1) is 0 Å². The fourth-order valence-corrected chi connectivity index (χ4v) is 4.25. The van der Waals surface area contributed by atoms with E-state index in [1.165, 1.54) is 6.33 Å². The minimum atomic E-state index is -2.55. The van der Waals surface area contributed by atoms with Crippen LogP contribution in [0.5, 0.6) is 0 Å². The minimum absolute atomic E-state index is 0.0852. The quantitative estimate of drug-likeness (QED) is 0.555. The molecule has 3 heterocycles. The van der Waals surface area contributed by atoms with Crippen molar-refractivity contribution >= 4 is 16.9 Å². The van der Waals surface area contributed by atoms with Gasteiger partial charge in [-0.25, -0.2) is 23.7 Å². The molecule has 3 aromatic heterocycles. The second-order valence-electron chi connectivity index (χ2n) is 8.61. The predicted molar refractivity (Wildman–Crippen MR) is 108 cm³/mol. The summed E-state index contributed by atoms with van der Waals surface area (Å²) in [4.78, 5) is 15.9. The van der Waals surface area contributed by atoms with Gasteiger partial charge in [0.25, 0.3) is 0 Å². The van der Waals surface area contributed by atoms with Crippen molar-refractivity contribution in [1.82, 2.24) is 19.9 Å². The summed E-state index contributed by atoms with van der Waals surface area (Å²) in [5, 5.41) is 4.30. The molecule has 0 radical (unpaired) electrons. The normalized spacial score (nSPS) is 19.3. The third-order valence-electron chi connectivity index (χ3n) is 6.17. The molecule has 0 amide bonds. The zero-order valence-electron chi connectivity index (χ0n) is 16.6. The number of nitrogens with zero attached hydrogens (tertiary/aromatic N) is 3. The van der Waals surface area contributed by atoms with Crippen molar-refractivity contribution in [3.8, 4) is 0 Å². The number of nitrogens with one attached hydrogen (secondary N) is 2. The first kappa shape index (κ1) is 19.3. The van der Waals surface area contributed by atoms with Gasteiger partial charge < -0.3 is 10.3 Å². The maximum absolute atomic E-state index is 14.8. The number of hydrogen-bond acceptors (Lipinski definition) is 4. The lowest BCUT2D eigenvalue weighted by Gasteiger charge is -2.28. The number of aromatic nitrogens is 4. The highest BCUT2D eigenvalue weighted by molar-refractivity contribution is 5.90. The SMILES string of the molecule is Fc1nc(CC2CCC(F)(F)CC2)ccc1Cc1c[nH]c2ncnc(NC3CC3)c12. The third-order valence-corrected chi connectivity index (χ3v) is 6.17. The molecule has 8 heteroatoms. The molecule has 5 nitrogen and oxygen atoms in total. The Bertz CT molecular complexity index is 1050. The molecule has 2 saturated carbocycles. The summed E-state index contributed by atoms with van der Waals surface area (Å²) >= 11 is 0. The first-order valence-corrected chi connectivity index (χ1v) is 10.6. The second kappa shape index (κ2) is 7.56. The summed E-state index contributed by atoms with van der Waals surface area (Å²) in [6, 6.07) is 4.02. The maximum Gasteiger partial charge on any atom is 0.248 e. The fraction of sp³-hybridized carbons (Fsp3) is 0.500. The lowest BCUT2D eigenvalue weighted by molar-refractivity contribution is -0.0457. The highest BCUT2D eigenvalue weighted by Crippen LogP contribution is 2.37. The van der Waals surface area contributed by atoms with Crippen LogP contribution in [0.1, 0.15) is 55.3 Å². The summed E-state index contributed by atoms with van der Waals surface area (Å²) in [6.45, 7) is 0. The molecule has 0 saturated heterocycles. The Labute approximate surface area is 172 Å². The van der Waals surface area contributed by atoms with Crippen LogP contribution in [0, 0.1) is 11.9 Å². The van der Waals surface area contributed by atoms with Gasteiger partial charge in [0.1, 0.15) is 17.8 Å². The van der Waals surface area contributed by atoms with Crippen LogP contribution >= 0.6 is 0 Å². The Kier molecular flexibility index (Phi) is 4.87. The van der Waals surface area contributed by atoms with Gasteiger partial charge in [-0.1, -0.05) is 6.07 Å². The van der Waals surface area contributed by atoms with E-state index in [1.807, 2.05) is 12.3 Å². The van der Waals surface area contributed by atoms with Gasteiger partial charge in [0.15, 0.2) is 0 Å². The molecule has 0 unspecified atom stereocenters. The number of fused-ring (bicyclic) bond motifs is 1. The Morgan fingerprint density at radius 3 is 2.60 bits per heavy atom. The number of pyridine rings is 1. The summed E-state index contributed by atoms with van der Waals surface area (Å²) in [7, 11) is 0. The number of aromatic amines is 1. The molecule has 0 aromatic carbocycles. The van der Waals surface area contributed by atoms with Gasteiger partial charge in [-0.05, 0) is 49.7 Å². The van der Waals surface area contributed by atoms with Gasteiger partial charge in [-0.3, -0.25) is 0 Å². The van der Waals surface area contributed by atoms with Crippen LogP contribution in [0.2, 0.25) is 0 Å². The van der Waals surface area contributed by atoms with Gasteiger partial charge in [0, 0.05) is 42.8 Å². The first-order valence-electron chi connectivity index (χ1n) is 10.6. The third kappa shape index (κ3) is 4.13. The Morgan fingerprint density at radius 1 is 1.07 bits per heavy atom. The van der Waals surface area contributed by atoms with Crippen LogP contribution in [0.15, 0.2) is 24.7 Å². The van der Waals surface area contributed by atoms with Crippen molar-refractivity contribution in [1.29, 1.82) is 0 Å². The number of alkyl halides is 2. The number of hydrogen-bond donors (Lipinski definition) is 2. The smallest absolute Gasteiger partial charge is 0.248 e. The first-order chi connectivity index (χ1) is 14.5. The molecule has 158 valence electrons. The fourth-order valence-electron chi connectivity index (χ4n) is 4.25. The van der Waals surface area contributed by atoms with Crippen molar-refractivity contribution in [2.45, 2.75) is 63.3 Å². The minimum Gasteiger partial charge on any atom is -0.367 e.